The summed E-state index contributed by atoms with van der Waals surface area (Å²) in [5, 5.41) is 10.5. The lowest BCUT2D eigenvalue weighted by Gasteiger charge is -2.36. The maximum absolute atomic E-state index is 13.2. The van der Waals surface area contributed by atoms with Crippen molar-refractivity contribution in [2.24, 2.45) is 5.92 Å². The van der Waals surface area contributed by atoms with Gasteiger partial charge in [-0.05, 0) is 56.4 Å². The van der Waals surface area contributed by atoms with Gasteiger partial charge in [0.15, 0.2) is 0 Å². The molecule has 4 rings (SSSR count). The zero-order valence-electron chi connectivity index (χ0n) is 19.8. The molecule has 0 spiro atoms. The molecular weight excluding hydrogens is 416 g/mol. The van der Waals surface area contributed by atoms with Crippen molar-refractivity contribution < 1.29 is 19.4 Å². The van der Waals surface area contributed by atoms with Gasteiger partial charge in [-0.25, -0.2) is 0 Å². The van der Waals surface area contributed by atoms with Crippen LogP contribution in [0.25, 0.3) is 0 Å². The number of hydrogen-bond donors (Lipinski definition) is 1. The zero-order valence-corrected chi connectivity index (χ0v) is 19.8. The Morgan fingerprint density at radius 2 is 1.91 bits per heavy atom. The number of nitrogens with zero attached hydrogens (tertiary/aromatic N) is 2. The van der Waals surface area contributed by atoms with Crippen LogP contribution in [0.15, 0.2) is 48.5 Å². The predicted octanol–water partition coefficient (Wildman–Crippen LogP) is 3.30. The Morgan fingerprint density at radius 3 is 2.64 bits per heavy atom. The van der Waals surface area contributed by atoms with Crippen molar-refractivity contribution in [3.8, 4) is 5.75 Å². The van der Waals surface area contributed by atoms with Gasteiger partial charge in [-0.1, -0.05) is 35.9 Å². The first-order valence-corrected chi connectivity index (χ1v) is 12.0. The van der Waals surface area contributed by atoms with Crippen molar-refractivity contribution in [2.45, 2.75) is 38.9 Å². The van der Waals surface area contributed by atoms with Crippen LogP contribution in [0.1, 0.15) is 34.3 Å². The highest BCUT2D eigenvalue weighted by Gasteiger charge is 2.31. The van der Waals surface area contributed by atoms with Crippen LogP contribution in [-0.2, 0) is 4.74 Å². The molecule has 1 saturated carbocycles. The highest BCUT2D eigenvalue weighted by molar-refractivity contribution is 5.94. The molecule has 2 fully saturated rings. The van der Waals surface area contributed by atoms with Crippen LogP contribution in [0.4, 0.5) is 0 Å². The van der Waals surface area contributed by atoms with E-state index in [2.05, 4.69) is 4.90 Å². The Morgan fingerprint density at radius 1 is 1.15 bits per heavy atom. The van der Waals surface area contributed by atoms with Crippen LogP contribution in [0.2, 0.25) is 0 Å². The summed E-state index contributed by atoms with van der Waals surface area (Å²) in [5.41, 5.74) is 2.94. The van der Waals surface area contributed by atoms with Gasteiger partial charge in [-0.2, -0.15) is 0 Å². The quantitative estimate of drug-likeness (QED) is 0.599. The van der Waals surface area contributed by atoms with Gasteiger partial charge in [0.05, 0.1) is 12.7 Å². The summed E-state index contributed by atoms with van der Waals surface area (Å²) < 4.78 is 11.8. The molecule has 2 aromatic carbocycles. The molecule has 1 aliphatic heterocycles. The molecule has 2 aliphatic rings. The summed E-state index contributed by atoms with van der Waals surface area (Å²) in [6.45, 7) is 8.25. The van der Waals surface area contributed by atoms with Crippen molar-refractivity contribution in [3.63, 3.8) is 0 Å². The summed E-state index contributed by atoms with van der Waals surface area (Å²) in [7, 11) is 0. The molecule has 33 heavy (non-hydrogen) atoms. The van der Waals surface area contributed by atoms with Crippen molar-refractivity contribution >= 4 is 5.91 Å². The fourth-order valence-corrected chi connectivity index (χ4v) is 4.29. The average Bonchev–Trinajstić information content (AvgIpc) is 3.63. The van der Waals surface area contributed by atoms with Gasteiger partial charge in [-0.3, -0.25) is 9.69 Å². The van der Waals surface area contributed by atoms with Crippen LogP contribution >= 0.6 is 0 Å². The van der Waals surface area contributed by atoms with Crippen LogP contribution < -0.4 is 4.74 Å². The number of aryl methyl sites for hydroxylation is 2. The molecule has 1 saturated heterocycles. The van der Waals surface area contributed by atoms with E-state index in [9.17, 15) is 9.90 Å². The van der Waals surface area contributed by atoms with E-state index < -0.39 is 6.10 Å². The van der Waals surface area contributed by atoms with Crippen LogP contribution in [-0.4, -0.2) is 79.0 Å². The molecule has 0 aromatic heterocycles. The Labute approximate surface area is 197 Å². The zero-order chi connectivity index (χ0) is 23.2. The smallest absolute Gasteiger partial charge is 0.253 e. The first-order chi connectivity index (χ1) is 16.0. The van der Waals surface area contributed by atoms with Gasteiger partial charge in [0, 0.05) is 38.3 Å². The van der Waals surface area contributed by atoms with E-state index in [-0.39, 0.29) is 18.6 Å². The number of morpholine rings is 1. The Bertz CT molecular complexity index is 913. The first kappa shape index (κ1) is 23.7. The number of aliphatic hydroxyl groups is 1. The van der Waals surface area contributed by atoms with Crippen molar-refractivity contribution in [2.75, 3.05) is 45.9 Å². The molecule has 1 N–H and O–H groups in total. The molecule has 6 heteroatoms. The normalized spacial score (nSPS) is 19.8. The molecule has 1 heterocycles. The van der Waals surface area contributed by atoms with Gasteiger partial charge in [0.2, 0.25) is 0 Å². The van der Waals surface area contributed by atoms with Gasteiger partial charge < -0.3 is 19.5 Å². The highest BCUT2D eigenvalue weighted by Crippen LogP contribution is 2.30. The topological polar surface area (TPSA) is 62.2 Å². The molecule has 0 unspecified atom stereocenters. The SMILES string of the molecule is Cc1ccc(C(=O)N(CC2CC2)C[C@H]2CN(C[C@@H](O)COc3ccccc3C)CCO2)cc1. The van der Waals surface area contributed by atoms with E-state index in [1.54, 1.807) is 0 Å². The van der Waals surface area contributed by atoms with E-state index in [1.807, 2.05) is 67.3 Å². The summed E-state index contributed by atoms with van der Waals surface area (Å²) in [6.07, 6.45) is 1.75. The summed E-state index contributed by atoms with van der Waals surface area (Å²) >= 11 is 0. The van der Waals surface area contributed by atoms with Crippen molar-refractivity contribution in [1.29, 1.82) is 0 Å². The molecule has 2 aromatic rings. The Kier molecular flexibility index (Phi) is 8.02. The second-order valence-electron chi connectivity index (χ2n) is 9.50. The maximum atomic E-state index is 13.2. The summed E-state index contributed by atoms with van der Waals surface area (Å²) in [6, 6.07) is 15.6. The monoisotopic (exact) mass is 452 g/mol. The van der Waals surface area contributed by atoms with Gasteiger partial charge >= 0.3 is 0 Å². The largest absolute Gasteiger partial charge is 0.491 e. The van der Waals surface area contributed by atoms with Gasteiger partial charge in [-0.15, -0.1) is 0 Å². The number of hydrogen-bond acceptors (Lipinski definition) is 5. The summed E-state index contributed by atoms with van der Waals surface area (Å²) in [4.78, 5) is 17.4. The lowest BCUT2D eigenvalue weighted by molar-refractivity contribution is -0.0538. The second kappa shape index (κ2) is 11.1. The number of rotatable bonds is 10. The average molecular weight is 453 g/mol. The third-order valence-corrected chi connectivity index (χ3v) is 6.40. The second-order valence-corrected chi connectivity index (χ2v) is 9.50. The standard InChI is InChI=1S/C27H36N2O4/c1-20-7-11-23(12-8-20)27(31)29(15-22-9-10-22)18-25-17-28(13-14-32-25)16-24(30)19-33-26-6-4-3-5-21(26)2/h3-8,11-12,22,24-25,30H,9-10,13-19H2,1-2H3/t24-,25-/m1/s1. The highest BCUT2D eigenvalue weighted by atomic mass is 16.5. The van der Waals surface area contributed by atoms with Crippen molar-refractivity contribution in [1.82, 2.24) is 9.80 Å². The molecule has 6 nitrogen and oxygen atoms in total. The molecule has 1 aliphatic carbocycles. The van der Waals surface area contributed by atoms with E-state index in [0.29, 0.717) is 32.2 Å². The number of amides is 1. The number of ether oxygens (including phenoxy) is 2. The molecule has 2 atom stereocenters. The van der Waals surface area contributed by atoms with Crippen LogP contribution in [0, 0.1) is 19.8 Å². The fourth-order valence-electron chi connectivity index (χ4n) is 4.29. The number of β-amino-alcohol motifs (C(OH)–C–C–N with tert-alkyl or cyclic N) is 1. The number of aliphatic hydroxyl groups excluding tert-OH is 1. The van der Waals surface area contributed by atoms with Gasteiger partial charge in [0.1, 0.15) is 18.5 Å². The Hall–Kier alpha value is -2.41. The molecule has 178 valence electrons. The first-order valence-electron chi connectivity index (χ1n) is 12.0. The molecule has 0 bridgehead atoms. The lowest BCUT2D eigenvalue weighted by Crippen LogP contribution is -2.51. The molecular formula is C27H36N2O4. The number of benzene rings is 2. The van der Waals surface area contributed by atoms with Crippen molar-refractivity contribution in [3.05, 3.63) is 65.2 Å². The van der Waals surface area contributed by atoms with Crippen LogP contribution in [0.3, 0.4) is 0 Å². The minimum atomic E-state index is -0.583. The minimum Gasteiger partial charge on any atom is -0.491 e. The Balaban J connectivity index is 1.30. The van der Waals surface area contributed by atoms with E-state index in [4.69, 9.17) is 9.47 Å². The third-order valence-electron chi connectivity index (χ3n) is 6.40. The van der Waals surface area contributed by atoms with E-state index in [0.717, 1.165) is 35.5 Å². The van der Waals surface area contributed by atoms with Crippen LogP contribution in [0.5, 0.6) is 5.75 Å². The lowest BCUT2D eigenvalue weighted by atomic mass is 10.1. The number of para-hydroxylation sites is 1. The number of carbonyl (C=O) groups excluding carboxylic acids is 1. The minimum absolute atomic E-state index is 0.0589. The maximum Gasteiger partial charge on any atom is 0.253 e. The van der Waals surface area contributed by atoms with E-state index in [1.165, 1.54) is 12.8 Å². The summed E-state index contributed by atoms with van der Waals surface area (Å²) in [5.74, 6) is 1.50. The number of carbonyl (C=O) groups is 1. The van der Waals surface area contributed by atoms with E-state index >= 15 is 0 Å². The van der Waals surface area contributed by atoms with Gasteiger partial charge in [0.25, 0.3) is 5.91 Å². The predicted molar refractivity (Wildman–Crippen MR) is 129 cm³/mol. The fraction of sp³-hybridized carbons (Fsp3) is 0.519. The molecule has 1 amide bonds. The molecule has 0 radical (unpaired) electrons. The third kappa shape index (κ3) is 7.03.